The zero-order valence-electron chi connectivity index (χ0n) is 12.3. The molecule has 0 bridgehead atoms. The largest absolute Gasteiger partial charge is 0.383 e. The molecule has 0 amide bonds. The van der Waals surface area contributed by atoms with Gasteiger partial charge in [0.15, 0.2) is 5.65 Å². The Morgan fingerprint density at radius 2 is 2.00 bits per heavy atom. The lowest BCUT2D eigenvalue weighted by molar-refractivity contribution is 0.782. The summed E-state index contributed by atoms with van der Waals surface area (Å²) in [5.74, 6) is 1.91. The van der Waals surface area contributed by atoms with E-state index in [0.29, 0.717) is 11.6 Å². The van der Waals surface area contributed by atoms with Crippen LogP contribution in [0.4, 0.5) is 5.82 Å². The van der Waals surface area contributed by atoms with Crippen molar-refractivity contribution in [2.24, 2.45) is 7.05 Å². The maximum absolute atomic E-state index is 5.97. The van der Waals surface area contributed by atoms with Crippen LogP contribution in [0, 0.1) is 13.8 Å². The highest BCUT2D eigenvalue weighted by Crippen LogP contribution is 2.25. The Bertz CT molecular complexity index is 809. The van der Waals surface area contributed by atoms with Gasteiger partial charge in [0.05, 0.1) is 17.3 Å². The summed E-state index contributed by atoms with van der Waals surface area (Å²) in [5, 5.41) is 4.97. The number of nitrogens with two attached hydrogens (primary N) is 1. The molecule has 2 N–H and O–H groups in total. The number of anilines is 1. The van der Waals surface area contributed by atoms with E-state index in [9.17, 15) is 0 Å². The molecule has 1 aromatic carbocycles. The van der Waals surface area contributed by atoms with Crippen molar-refractivity contribution in [3.8, 4) is 0 Å². The summed E-state index contributed by atoms with van der Waals surface area (Å²) >= 11 is 1.71. The summed E-state index contributed by atoms with van der Waals surface area (Å²) in [6.45, 7) is 4.24. The molecule has 0 radical (unpaired) electrons. The van der Waals surface area contributed by atoms with Gasteiger partial charge >= 0.3 is 0 Å². The summed E-state index contributed by atoms with van der Waals surface area (Å²) in [7, 11) is 1.86. The van der Waals surface area contributed by atoms with E-state index in [0.717, 1.165) is 16.9 Å². The van der Waals surface area contributed by atoms with Crippen LogP contribution in [0.3, 0.4) is 0 Å². The van der Waals surface area contributed by atoms with Crippen LogP contribution in [-0.4, -0.2) is 19.7 Å². The fourth-order valence-corrected chi connectivity index (χ4v) is 2.96. The summed E-state index contributed by atoms with van der Waals surface area (Å²) in [6.07, 6.45) is 1.70. The first-order valence-electron chi connectivity index (χ1n) is 6.69. The third kappa shape index (κ3) is 2.71. The number of aromatic nitrogens is 4. The van der Waals surface area contributed by atoms with Crippen molar-refractivity contribution in [2.45, 2.75) is 24.5 Å². The van der Waals surface area contributed by atoms with Gasteiger partial charge in [0.2, 0.25) is 0 Å². The maximum Gasteiger partial charge on any atom is 0.163 e. The number of fused-ring (bicyclic) bond motifs is 1. The van der Waals surface area contributed by atoms with Crippen LogP contribution >= 0.6 is 11.8 Å². The van der Waals surface area contributed by atoms with Gasteiger partial charge in [0.1, 0.15) is 11.6 Å². The van der Waals surface area contributed by atoms with Crippen molar-refractivity contribution in [1.29, 1.82) is 0 Å². The minimum Gasteiger partial charge on any atom is -0.383 e. The van der Waals surface area contributed by atoms with Gasteiger partial charge < -0.3 is 5.73 Å². The zero-order chi connectivity index (χ0) is 15.0. The van der Waals surface area contributed by atoms with Gasteiger partial charge in [-0.15, -0.1) is 11.8 Å². The summed E-state index contributed by atoms with van der Waals surface area (Å²) < 4.78 is 1.72. The third-order valence-corrected chi connectivity index (χ3v) is 4.50. The quantitative estimate of drug-likeness (QED) is 0.753. The molecule has 0 saturated heterocycles. The molecule has 0 unspecified atom stereocenters. The SMILES string of the molecule is Cc1ccc(SCc2nc(N)c3cnn(C)c3n2)cc1C. The molecule has 0 fully saturated rings. The molecule has 21 heavy (non-hydrogen) atoms. The second kappa shape index (κ2) is 5.37. The number of thioether (sulfide) groups is 1. The molecule has 2 aromatic heterocycles. The van der Waals surface area contributed by atoms with Crippen LogP contribution in [0.25, 0.3) is 11.0 Å². The van der Waals surface area contributed by atoms with Crippen molar-refractivity contribution in [3.63, 3.8) is 0 Å². The van der Waals surface area contributed by atoms with E-state index < -0.39 is 0 Å². The predicted octanol–water partition coefficient (Wildman–Crippen LogP) is 2.85. The predicted molar refractivity (Wildman–Crippen MR) is 86.2 cm³/mol. The molecule has 0 spiro atoms. The van der Waals surface area contributed by atoms with Gasteiger partial charge in [-0.1, -0.05) is 6.07 Å². The third-order valence-electron chi connectivity index (χ3n) is 3.51. The standard InChI is InChI=1S/C15H17N5S/c1-9-4-5-11(6-10(9)2)21-8-13-18-14(16)12-7-17-20(3)15(12)19-13/h4-7H,8H2,1-3H3,(H2,16,18,19). The van der Waals surface area contributed by atoms with E-state index in [2.05, 4.69) is 47.1 Å². The average Bonchev–Trinajstić information content (AvgIpc) is 2.83. The molecule has 6 heteroatoms. The second-order valence-corrected chi connectivity index (χ2v) is 6.11. The molecular formula is C15H17N5S. The lowest BCUT2D eigenvalue weighted by Crippen LogP contribution is -2.01. The number of hydrogen-bond acceptors (Lipinski definition) is 5. The van der Waals surface area contributed by atoms with Crippen LogP contribution < -0.4 is 5.73 Å². The highest BCUT2D eigenvalue weighted by molar-refractivity contribution is 7.98. The fraction of sp³-hybridized carbons (Fsp3) is 0.267. The number of nitrogen functional groups attached to an aromatic ring is 1. The van der Waals surface area contributed by atoms with Crippen molar-refractivity contribution >= 4 is 28.6 Å². The summed E-state index contributed by atoms with van der Waals surface area (Å²) in [4.78, 5) is 10.1. The van der Waals surface area contributed by atoms with Crippen LogP contribution in [-0.2, 0) is 12.8 Å². The lowest BCUT2D eigenvalue weighted by atomic mass is 10.1. The van der Waals surface area contributed by atoms with Gasteiger partial charge in [-0.25, -0.2) is 9.97 Å². The molecule has 3 aromatic rings. The minimum absolute atomic E-state index is 0.490. The zero-order valence-corrected chi connectivity index (χ0v) is 13.1. The molecule has 3 rings (SSSR count). The minimum atomic E-state index is 0.490. The van der Waals surface area contributed by atoms with Gasteiger partial charge in [-0.2, -0.15) is 5.10 Å². The van der Waals surface area contributed by atoms with Crippen molar-refractivity contribution in [1.82, 2.24) is 19.7 Å². The molecule has 0 aliphatic carbocycles. The molecule has 0 atom stereocenters. The number of hydrogen-bond donors (Lipinski definition) is 1. The number of aryl methyl sites for hydroxylation is 3. The molecular weight excluding hydrogens is 282 g/mol. The smallest absolute Gasteiger partial charge is 0.163 e. The van der Waals surface area contributed by atoms with Crippen LogP contribution in [0.5, 0.6) is 0 Å². The van der Waals surface area contributed by atoms with E-state index in [1.165, 1.54) is 16.0 Å². The van der Waals surface area contributed by atoms with Crippen molar-refractivity contribution < 1.29 is 0 Å². The monoisotopic (exact) mass is 299 g/mol. The Kier molecular flexibility index (Phi) is 3.55. The number of benzene rings is 1. The second-order valence-electron chi connectivity index (χ2n) is 5.07. The van der Waals surface area contributed by atoms with E-state index in [4.69, 9.17) is 5.73 Å². The fourth-order valence-electron chi connectivity index (χ4n) is 2.11. The van der Waals surface area contributed by atoms with E-state index in [1.54, 1.807) is 22.6 Å². The first kappa shape index (κ1) is 13.9. The molecule has 0 aliphatic rings. The maximum atomic E-state index is 5.97. The van der Waals surface area contributed by atoms with Gasteiger partial charge in [0, 0.05) is 11.9 Å². The topological polar surface area (TPSA) is 69.6 Å². The average molecular weight is 299 g/mol. The molecule has 0 saturated carbocycles. The van der Waals surface area contributed by atoms with E-state index >= 15 is 0 Å². The van der Waals surface area contributed by atoms with Crippen LogP contribution in [0.2, 0.25) is 0 Å². The van der Waals surface area contributed by atoms with Crippen molar-refractivity contribution in [2.75, 3.05) is 5.73 Å². The first-order chi connectivity index (χ1) is 10.0. The van der Waals surface area contributed by atoms with Gasteiger partial charge in [-0.3, -0.25) is 4.68 Å². The van der Waals surface area contributed by atoms with Gasteiger partial charge in [0.25, 0.3) is 0 Å². The van der Waals surface area contributed by atoms with Crippen molar-refractivity contribution in [3.05, 3.63) is 41.3 Å². The number of rotatable bonds is 3. The van der Waals surface area contributed by atoms with Crippen LogP contribution in [0.15, 0.2) is 29.3 Å². The summed E-state index contributed by atoms with van der Waals surface area (Å²) in [5.41, 5.74) is 9.34. The molecule has 0 aliphatic heterocycles. The Balaban J connectivity index is 1.84. The Labute approximate surface area is 127 Å². The lowest BCUT2D eigenvalue weighted by Gasteiger charge is -2.06. The Hall–Kier alpha value is -2.08. The highest BCUT2D eigenvalue weighted by Gasteiger charge is 2.09. The molecule has 5 nitrogen and oxygen atoms in total. The normalized spacial score (nSPS) is 11.2. The highest BCUT2D eigenvalue weighted by atomic mass is 32.2. The molecule has 108 valence electrons. The summed E-state index contributed by atoms with van der Waals surface area (Å²) in [6, 6.07) is 6.45. The Morgan fingerprint density at radius 3 is 2.76 bits per heavy atom. The van der Waals surface area contributed by atoms with E-state index in [-0.39, 0.29) is 0 Å². The van der Waals surface area contributed by atoms with Gasteiger partial charge in [-0.05, 0) is 37.1 Å². The van der Waals surface area contributed by atoms with E-state index in [1.807, 2.05) is 7.05 Å². The number of nitrogens with zero attached hydrogens (tertiary/aromatic N) is 4. The molecule has 2 heterocycles. The first-order valence-corrected chi connectivity index (χ1v) is 7.67. The Morgan fingerprint density at radius 1 is 1.19 bits per heavy atom. The van der Waals surface area contributed by atoms with Crippen LogP contribution in [0.1, 0.15) is 17.0 Å².